The smallest absolute Gasteiger partial charge is 0.240 e. The largest absolute Gasteiger partial charge is 0.368 e. The Morgan fingerprint density at radius 2 is 1.32 bits per heavy atom. The Morgan fingerprint density at radius 1 is 0.821 bits per heavy atom. The molecule has 0 aromatic heterocycles. The van der Waals surface area contributed by atoms with E-state index in [0.717, 1.165) is 11.1 Å². The van der Waals surface area contributed by atoms with Gasteiger partial charge in [-0.1, -0.05) is 78.9 Å². The average Bonchev–Trinajstić information content (AvgIpc) is 2.71. The van der Waals surface area contributed by atoms with E-state index in [1.165, 1.54) is 6.07 Å². The predicted octanol–water partition coefficient (Wildman–Crippen LogP) is 3.17. The molecule has 0 saturated heterocycles. The Morgan fingerprint density at radius 3 is 1.82 bits per heavy atom. The molecule has 0 bridgehead atoms. The van der Waals surface area contributed by atoms with Gasteiger partial charge in [-0.3, -0.25) is 9.59 Å². The molecule has 3 rings (SSSR count). The molecule has 3 aromatic rings. The molecule has 2 amide bonds. The third-order valence-electron chi connectivity index (χ3n) is 4.57. The first-order valence-electron chi connectivity index (χ1n) is 8.99. The van der Waals surface area contributed by atoms with Gasteiger partial charge in [0.25, 0.3) is 0 Å². The van der Waals surface area contributed by atoms with E-state index in [9.17, 15) is 14.0 Å². The number of nitrogens with one attached hydrogen (secondary N) is 1. The summed E-state index contributed by atoms with van der Waals surface area (Å²) in [6.07, 6.45) is -0.00987. The summed E-state index contributed by atoms with van der Waals surface area (Å²) in [6, 6.07) is 23.7. The number of halogens is 1. The van der Waals surface area contributed by atoms with Crippen LogP contribution in [0.5, 0.6) is 0 Å². The van der Waals surface area contributed by atoms with E-state index in [0.29, 0.717) is 5.56 Å². The van der Waals surface area contributed by atoms with Crippen molar-refractivity contribution in [1.29, 1.82) is 0 Å². The summed E-state index contributed by atoms with van der Waals surface area (Å²) in [4.78, 5) is 25.1. The molecule has 28 heavy (non-hydrogen) atoms. The van der Waals surface area contributed by atoms with Gasteiger partial charge in [-0.15, -0.1) is 0 Å². The highest BCUT2D eigenvalue weighted by molar-refractivity contribution is 5.92. The topological polar surface area (TPSA) is 72.2 Å². The fourth-order valence-electron chi connectivity index (χ4n) is 3.15. The van der Waals surface area contributed by atoms with Crippen molar-refractivity contribution in [2.24, 2.45) is 5.73 Å². The van der Waals surface area contributed by atoms with E-state index in [-0.39, 0.29) is 12.3 Å². The van der Waals surface area contributed by atoms with Crippen LogP contribution in [0.1, 0.15) is 22.6 Å². The van der Waals surface area contributed by atoms with Gasteiger partial charge in [0.05, 0.1) is 5.92 Å². The zero-order valence-corrected chi connectivity index (χ0v) is 15.2. The van der Waals surface area contributed by atoms with Gasteiger partial charge in [-0.05, 0) is 22.8 Å². The number of hydrogen-bond donors (Lipinski definition) is 2. The first-order valence-corrected chi connectivity index (χ1v) is 8.99. The van der Waals surface area contributed by atoms with Crippen molar-refractivity contribution in [2.75, 3.05) is 0 Å². The number of benzene rings is 3. The summed E-state index contributed by atoms with van der Waals surface area (Å²) < 4.78 is 14.0. The van der Waals surface area contributed by atoms with Crippen molar-refractivity contribution in [3.63, 3.8) is 0 Å². The summed E-state index contributed by atoms with van der Waals surface area (Å²) in [7, 11) is 0. The van der Waals surface area contributed by atoms with E-state index >= 15 is 0 Å². The Balaban J connectivity index is 1.87. The van der Waals surface area contributed by atoms with Gasteiger partial charge in [-0.25, -0.2) is 4.39 Å². The Kier molecular flexibility index (Phi) is 6.17. The third kappa shape index (κ3) is 4.62. The highest BCUT2D eigenvalue weighted by atomic mass is 19.1. The van der Waals surface area contributed by atoms with Gasteiger partial charge in [0.1, 0.15) is 11.9 Å². The molecule has 4 nitrogen and oxygen atoms in total. The maximum Gasteiger partial charge on any atom is 0.240 e. The maximum absolute atomic E-state index is 14.0. The number of amides is 2. The van der Waals surface area contributed by atoms with E-state index in [1.54, 1.807) is 18.2 Å². The van der Waals surface area contributed by atoms with Gasteiger partial charge in [0.2, 0.25) is 11.8 Å². The summed E-state index contributed by atoms with van der Waals surface area (Å²) in [6.45, 7) is 0. The lowest BCUT2D eigenvalue weighted by molar-refractivity contribution is -0.127. The van der Waals surface area contributed by atoms with E-state index in [4.69, 9.17) is 5.73 Å². The predicted molar refractivity (Wildman–Crippen MR) is 106 cm³/mol. The second-order valence-corrected chi connectivity index (χ2v) is 6.51. The maximum atomic E-state index is 14.0. The van der Waals surface area contributed by atoms with Gasteiger partial charge in [0, 0.05) is 6.42 Å². The molecule has 0 aliphatic heterocycles. The van der Waals surface area contributed by atoms with Crippen molar-refractivity contribution >= 4 is 11.8 Å². The summed E-state index contributed by atoms with van der Waals surface area (Å²) >= 11 is 0. The molecule has 0 radical (unpaired) electrons. The van der Waals surface area contributed by atoms with Crippen molar-refractivity contribution in [3.8, 4) is 0 Å². The molecule has 0 fully saturated rings. The van der Waals surface area contributed by atoms with Crippen LogP contribution in [0.2, 0.25) is 0 Å². The molecule has 3 N–H and O–H groups in total. The van der Waals surface area contributed by atoms with Crippen molar-refractivity contribution < 1.29 is 14.0 Å². The zero-order chi connectivity index (χ0) is 19.9. The molecule has 0 heterocycles. The Labute approximate surface area is 163 Å². The van der Waals surface area contributed by atoms with Crippen LogP contribution in [-0.4, -0.2) is 17.9 Å². The molecule has 0 aliphatic rings. The highest BCUT2D eigenvalue weighted by Gasteiger charge is 2.27. The molecule has 142 valence electrons. The molecule has 0 unspecified atom stereocenters. The third-order valence-corrected chi connectivity index (χ3v) is 4.57. The molecular weight excluding hydrogens is 355 g/mol. The van der Waals surface area contributed by atoms with Crippen molar-refractivity contribution in [3.05, 3.63) is 107 Å². The minimum atomic E-state index is -1.01. The van der Waals surface area contributed by atoms with Crippen LogP contribution in [0.4, 0.5) is 4.39 Å². The number of carbonyl (C=O) groups excluding carboxylic acids is 2. The molecular formula is C23H21FN2O2. The first-order chi connectivity index (χ1) is 13.6. The van der Waals surface area contributed by atoms with Gasteiger partial charge < -0.3 is 11.1 Å². The molecule has 0 spiro atoms. The molecule has 3 aromatic carbocycles. The van der Waals surface area contributed by atoms with Crippen molar-refractivity contribution in [2.45, 2.75) is 18.4 Å². The van der Waals surface area contributed by atoms with Gasteiger partial charge >= 0.3 is 0 Å². The average molecular weight is 376 g/mol. The molecule has 0 aliphatic carbocycles. The summed E-state index contributed by atoms with van der Waals surface area (Å²) in [5.41, 5.74) is 7.39. The van der Waals surface area contributed by atoms with Crippen LogP contribution >= 0.6 is 0 Å². The normalized spacial score (nSPS) is 11.8. The minimum absolute atomic E-state index is 0.00987. The monoisotopic (exact) mass is 376 g/mol. The van der Waals surface area contributed by atoms with Gasteiger partial charge in [-0.2, -0.15) is 0 Å². The van der Waals surface area contributed by atoms with Crippen molar-refractivity contribution in [1.82, 2.24) is 5.32 Å². The molecule has 5 heteroatoms. The highest BCUT2D eigenvalue weighted by Crippen LogP contribution is 2.25. The van der Waals surface area contributed by atoms with E-state index in [1.807, 2.05) is 60.7 Å². The minimum Gasteiger partial charge on any atom is -0.368 e. The lowest BCUT2D eigenvalue weighted by Gasteiger charge is -2.22. The summed E-state index contributed by atoms with van der Waals surface area (Å²) in [5, 5.41) is 2.71. The lowest BCUT2D eigenvalue weighted by atomic mass is 9.90. The standard InChI is InChI=1S/C23H21FN2O2/c24-19-14-8-7-13-18(19)15-20(22(25)27)26-23(28)21(16-9-3-1-4-10-16)17-11-5-2-6-12-17/h1-14,20-21H,15H2,(H2,25,27)(H,26,28)/t20-/m0/s1. The quantitative estimate of drug-likeness (QED) is 0.665. The van der Waals surface area contributed by atoms with Crippen LogP contribution in [0, 0.1) is 5.82 Å². The second-order valence-electron chi connectivity index (χ2n) is 6.51. The van der Waals surface area contributed by atoms with Crippen LogP contribution in [-0.2, 0) is 16.0 Å². The molecule has 1 atom stereocenters. The second kappa shape index (κ2) is 8.95. The SMILES string of the molecule is NC(=O)[C@H](Cc1ccccc1F)NC(=O)C(c1ccccc1)c1ccccc1. The zero-order valence-electron chi connectivity index (χ0n) is 15.2. The fourth-order valence-corrected chi connectivity index (χ4v) is 3.15. The number of nitrogens with two attached hydrogens (primary N) is 1. The number of hydrogen-bond acceptors (Lipinski definition) is 2. The number of primary amides is 1. The first kappa shape index (κ1) is 19.3. The Hall–Kier alpha value is -3.47. The van der Waals surface area contributed by atoms with Gasteiger partial charge in [0.15, 0.2) is 0 Å². The van der Waals surface area contributed by atoms with E-state index < -0.39 is 23.7 Å². The van der Waals surface area contributed by atoms with Crippen LogP contribution < -0.4 is 11.1 Å². The van der Waals surface area contributed by atoms with Crippen LogP contribution in [0.15, 0.2) is 84.9 Å². The van der Waals surface area contributed by atoms with E-state index in [2.05, 4.69) is 5.32 Å². The lowest BCUT2D eigenvalue weighted by Crippen LogP contribution is -2.47. The summed E-state index contributed by atoms with van der Waals surface area (Å²) in [5.74, 6) is -2.12. The molecule has 0 saturated carbocycles. The van der Waals surface area contributed by atoms with Crippen LogP contribution in [0.3, 0.4) is 0 Å². The number of carbonyl (C=O) groups is 2. The number of rotatable bonds is 7. The fraction of sp³-hybridized carbons (Fsp3) is 0.130. The van der Waals surface area contributed by atoms with Crippen LogP contribution in [0.25, 0.3) is 0 Å². The Bertz CT molecular complexity index is 906.